The maximum atomic E-state index is 13.0. The summed E-state index contributed by atoms with van der Waals surface area (Å²) in [6.45, 7) is 10.0. The molecule has 3 heterocycles. The predicted molar refractivity (Wildman–Crippen MR) is 121 cm³/mol. The van der Waals surface area contributed by atoms with E-state index < -0.39 is 0 Å². The van der Waals surface area contributed by atoms with Crippen LogP contribution in [-0.4, -0.2) is 33.3 Å². The van der Waals surface area contributed by atoms with Crippen LogP contribution in [0.5, 0.6) is 0 Å². The number of hydrogen-bond acceptors (Lipinski definition) is 8. The molecule has 1 aromatic carbocycles. The molecule has 0 fully saturated rings. The Bertz CT molecular complexity index is 1150. The Morgan fingerprint density at radius 1 is 1.27 bits per heavy atom. The average Bonchev–Trinajstić information content (AvgIpc) is 3.34. The van der Waals surface area contributed by atoms with Crippen LogP contribution in [0.2, 0.25) is 0 Å². The number of carbonyl (C=O) groups excluding carboxylic acids is 1. The van der Waals surface area contributed by atoms with Crippen LogP contribution in [0, 0.1) is 13.8 Å². The largest absolute Gasteiger partial charge is 0.410 e. The van der Waals surface area contributed by atoms with Crippen molar-refractivity contribution in [3.63, 3.8) is 0 Å². The highest BCUT2D eigenvalue weighted by Crippen LogP contribution is 2.46. The van der Waals surface area contributed by atoms with Gasteiger partial charge in [-0.15, -0.1) is 21.5 Å². The smallest absolute Gasteiger partial charge is 0.277 e. The van der Waals surface area contributed by atoms with E-state index in [1.807, 2.05) is 40.0 Å². The summed E-state index contributed by atoms with van der Waals surface area (Å²) in [5.41, 5.74) is 3.99. The minimum absolute atomic E-state index is 0.0206. The van der Waals surface area contributed by atoms with Gasteiger partial charge in [-0.25, -0.2) is 4.98 Å². The summed E-state index contributed by atoms with van der Waals surface area (Å²) in [5.74, 6) is 0.470. The van der Waals surface area contributed by atoms with Gasteiger partial charge in [-0.3, -0.25) is 4.79 Å². The van der Waals surface area contributed by atoms with Gasteiger partial charge in [-0.2, -0.15) is 0 Å². The van der Waals surface area contributed by atoms with E-state index in [0.29, 0.717) is 11.1 Å². The van der Waals surface area contributed by atoms with Gasteiger partial charge in [-0.1, -0.05) is 43.8 Å². The summed E-state index contributed by atoms with van der Waals surface area (Å²) in [4.78, 5) is 20.4. The molecule has 4 rings (SSSR count). The molecule has 1 aliphatic rings. The first-order valence-corrected chi connectivity index (χ1v) is 11.4. The number of hydrogen-bond donors (Lipinski definition) is 0. The number of ketones is 1. The van der Waals surface area contributed by atoms with Gasteiger partial charge in [0.15, 0.2) is 5.78 Å². The van der Waals surface area contributed by atoms with Gasteiger partial charge in [0.05, 0.1) is 16.0 Å². The zero-order valence-corrected chi connectivity index (χ0v) is 19.5. The molecular weight excluding hydrogens is 416 g/mol. The minimum Gasteiger partial charge on any atom is -0.410 e. The number of carbonyl (C=O) groups is 1. The number of rotatable bonds is 5. The maximum absolute atomic E-state index is 13.0. The first-order chi connectivity index (χ1) is 14.2. The molecule has 0 radical (unpaired) electrons. The maximum Gasteiger partial charge on any atom is 0.277 e. The molecule has 156 valence electrons. The first kappa shape index (κ1) is 20.8. The van der Waals surface area contributed by atoms with Gasteiger partial charge in [0.2, 0.25) is 0 Å². The number of aromatic nitrogens is 3. The lowest BCUT2D eigenvalue weighted by atomic mass is 9.83. The number of anilines is 1. The summed E-state index contributed by atoms with van der Waals surface area (Å²) in [6.07, 6.45) is 1.76. The van der Waals surface area contributed by atoms with Crippen LogP contribution in [0.3, 0.4) is 0 Å². The van der Waals surface area contributed by atoms with Crippen molar-refractivity contribution < 1.29 is 9.21 Å². The fourth-order valence-corrected chi connectivity index (χ4v) is 5.34. The van der Waals surface area contributed by atoms with Crippen molar-refractivity contribution in [2.45, 2.75) is 50.5 Å². The van der Waals surface area contributed by atoms with Crippen LogP contribution >= 0.6 is 23.1 Å². The lowest BCUT2D eigenvalue weighted by Crippen LogP contribution is -2.25. The van der Waals surface area contributed by atoms with Crippen LogP contribution in [0.1, 0.15) is 37.0 Å². The molecule has 0 aliphatic carbocycles. The normalized spacial score (nSPS) is 17.4. The average molecular weight is 441 g/mol. The Morgan fingerprint density at radius 3 is 2.67 bits per heavy atom. The number of fused-ring (bicyclic) bond motifs is 1. The fourth-order valence-electron chi connectivity index (χ4n) is 3.80. The molecule has 8 heteroatoms. The van der Waals surface area contributed by atoms with Gasteiger partial charge in [0, 0.05) is 29.9 Å². The second kappa shape index (κ2) is 7.67. The van der Waals surface area contributed by atoms with Crippen molar-refractivity contribution in [3.8, 4) is 10.8 Å². The molecule has 0 amide bonds. The molecule has 0 saturated carbocycles. The topological polar surface area (TPSA) is 72.1 Å². The number of nitrogens with zero attached hydrogens (tertiary/aromatic N) is 4. The van der Waals surface area contributed by atoms with Gasteiger partial charge >= 0.3 is 0 Å². The standard InChI is InChI=1S/C22H24N4O2S2/c1-12-19(30-14(3)23-12)20-24-25-21(28-20)29-13(2)17(27)11-18-22(4,5)15-9-7-8-10-16(15)26(18)6/h7-11,13H,1-6H3/b18-11+. The van der Waals surface area contributed by atoms with E-state index in [1.165, 1.54) is 28.7 Å². The molecular formula is C22H24N4O2S2. The van der Waals surface area contributed by atoms with Crippen molar-refractivity contribution in [3.05, 3.63) is 52.3 Å². The van der Waals surface area contributed by atoms with Crippen LogP contribution in [0.25, 0.3) is 10.8 Å². The number of benzene rings is 1. The molecule has 2 aromatic heterocycles. The second-order valence-corrected chi connectivity index (χ2v) is 10.4. The third-order valence-corrected chi connectivity index (χ3v) is 7.42. The quantitative estimate of drug-likeness (QED) is 0.400. The van der Waals surface area contributed by atoms with E-state index in [9.17, 15) is 4.79 Å². The zero-order chi connectivity index (χ0) is 21.6. The van der Waals surface area contributed by atoms with Gasteiger partial charge in [0.1, 0.15) is 4.88 Å². The highest BCUT2D eigenvalue weighted by molar-refractivity contribution is 8.00. The molecule has 6 nitrogen and oxygen atoms in total. The number of thiazole rings is 1. The summed E-state index contributed by atoms with van der Waals surface area (Å²) in [6, 6.07) is 8.27. The van der Waals surface area contributed by atoms with E-state index in [2.05, 4.69) is 46.1 Å². The minimum atomic E-state index is -0.344. The first-order valence-electron chi connectivity index (χ1n) is 9.72. The molecule has 0 spiro atoms. The highest BCUT2D eigenvalue weighted by Gasteiger charge is 2.38. The SMILES string of the molecule is Cc1nc(C)c(-c2nnc(SC(C)C(=O)/C=C3/N(C)c4ccccc4C3(C)C)o2)s1. The summed E-state index contributed by atoms with van der Waals surface area (Å²) in [5, 5.41) is 9.25. The van der Waals surface area contributed by atoms with E-state index in [4.69, 9.17) is 4.42 Å². The van der Waals surface area contributed by atoms with Gasteiger partial charge in [-0.05, 0) is 32.4 Å². The Hall–Kier alpha value is -2.45. The predicted octanol–water partition coefficient (Wildman–Crippen LogP) is 5.17. The summed E-state index contributed by atoms with van der Waals surface area (Å²) >= 11 is 2.80. The molecule has 0 bridgehead atoms. The van der Waals surface area contributed by atoms with Crippen LogP contribution in [0.15, 0.2) is 45.7 Å². The highest BCUT2D eigenvalue weighted by atomic mass is 32.2. The Morgan fingerprint density at radius 2 is 2.00 bits per heavy atom. The van der Waals surface area contributed by atoms with Crippen molar-refractivity contribution in [2.24, 2.45) is 0 Å². The second-order valence-electron chi connectivity index (χ2n) is 7.91. The van der Waals surface area contributed by atoms with Crippen molar-refractivity contribution >= 4 is 34.6 Å². The van der Waals surface area contributed by atoms with Gasteiger partial charge < -0.3 is 9.32 Å². The van der Waals surface area contributed by atoms with Crippen LogP contribution < -0.4 is 4.90 Å². The van der Waals surface area contributed by atoms with Gasteiger partial charge in [0.25, 0.3) is 11.1 Å². The van der Waals surface area contributed by atoms with E-state index in [-0.39, 0.29) is 16.4 Å². The number of allylic oxidation sites excluding steroid dienone is 2. The van der Waals surface area contributed by atoms with E-state index in [1.54, 1.807) is 6.08 Å². The van der Waals surface area contributed by atoms with Crippen molar-refractivity contribution in [1.82, 2.24) is 15.2 Å². The third kappa shape index (κ3) is 3.58. The number of likely N-dealkylation sites (N-methyl/N-ethyl adjacent to an activating group) is 1. The van der Waals surface area contributed by atoms with Crippen molar-refractivity contribution in [2.75, 3.05) is 11.9 Å². The lowest BCUT2D eigenvalue weighted by molar-refractivity contribution is -0.114. The molecule has 1 unspecified atom stereocenters. The Kier molecular flexibility index (Phi) is 5.32. The lowest BCUT2D eigenvalue weighted by Gasteiger charge is -2.24. The Labute approximate surface area is 184 Å². The molecule has 1 atom stereocenters. The summed E-state index contributed by atoms with van der Waals surface area (Å²) < 4.78 is 5.80. The molecule has 0 N–H and O–H groups in total. The number of thioether (sulfide) groups is 1. The Balaban J connectivity index is 1.52. The van der Waals surface area contributed by atoms with E-state index in [0.717, 1.165) is 27.0 Å². The van der Waals surface area contributed by atoms with Crippen LogP contribution in [0.4, 0.5) is 5.69 Å². The number of aryl methyl sites for hydroxylation is 2. The molecule has 3 aromatic rings. The fraction of sp³-hybridized carbons (Fsp3) is 0.364. The summed E-state index contributed by atoms with van der Waals surface area (Å²) in [7, 11) is 2.01. The van der Waals surface area contributed by atoms with Crippen LogP contribution in [-0.2, 0) is 10.2 Å². The number of para-hydroxylation sites is 1. The molecule has 30 heavy (non-hydrogen) atoms. The van der Waals surface area contributed by atoms with E-state index >= 15 is 0 Å². The zero-order valence-electron chi connectivity index (χ0n) is 17.9. The third-order valence-electron chi connectivity index (χ3n) is 5.40. The van der Waals surface area contributed by atoms with Crippen molar-refractivity contribution in [1.29, 1.82) is 0 Å². The monoisotopic (exact) mass is 440 g/mol. The molecule has 0 saturated heterocycles. The molecule has 1 aliphatic heterocycles.